The second-order valence-electron chi connectivity index (χ2n) is 2.57. The topological polar surface area (TPSA) is 60.2 Å². The number of hydrogen-bond donors (Lipinski definition) is 1. The van der Waals surface area contributed by atoms with E-state index in [0.717, 1.165) is 5.82 Å². The Labute approximate surface area is 71.0 Å². The fraction of sp³-hybridized carbons (Fsp3) is 0.714. The molecule has 1 rings (SSSR count). The SMILES string of the molecule is COC(C)c1nnc(CO)n1C. The van der Waals surface area contributed by atoms with Crippen molar-refractivity contribution in [1.29, 1.82) is 0 Å². The molecule has 12 heavy (non-hydrogen) atoms. The Morgan fingerprint density at radius 3 is 2.67 bits per heavy atom. The van der Waals surface area contributed by atoms with Gasteiger partial charge in [-0.2, -0.15) is 0 Å². The van der Waals surface area contributed by atoms with Gasteiger partial charge in [-0.3, -0.25) is 0 Å². The Hall–Kier alpha value is -0.940. The van der Waals surface area contributed by atoms with E-state index in [1.165, 1.54) is 0 Å². The summed E-state index contributed by atoms with van der Waals surface area (Å²) < 4.78 is 6.80. The van der Waals surface area contributed by atoms with Crippen molar-refractivity contribution in [2.24, 2.45) is 7.05 Å². The molecule has 1 N–H and O–H groups in total. The first-order valence-electron chi connectivity index (χ1n) is 3.72. The highest BCUT2D eigenvalue weighted by Crippen LogP contribution is 2.12. The molecule has 0 saturated heterocycles. The van der Waals surface area contributed by atoms with Gasteiger partial charge in [-0.05, 0) is 6.92 Å². The third kappa shape index (κ3) is 1.46. The molecule has 0 aliphatic heterocycles. The van der Waals surface area contributed by atoms with Gasteiger partial charge < -0.3 is 14.4 Å². The number of rotatable bonds is 3. The van der Waals surface area contributed by atoms with Crippen LogP contribution in [0, 0.1) is 0 Å². The van der Waals surface area contributed by atoms with Crippen LogP contribution in [-0.2, 0) is 18.4 Å². The van der Waals surface area contributed by atoms with Crippen molar-refractivity contribution in [3.63, 3.8) is 0 Å². The molecule has 5 heteroatoms. The summed E-state index contributed by atoms with van der Waals surface area (Å²) >= 11 is 0. The zero-order chi connectivity index (χ0) is 9.14. The summed E-state index contributed by atoms with van der Waals surface area (Å²) in [6, 6.07) is 0. The van der Waals surface area contributed by atoms with Gasteiger partial charge in [0.25, 0.3) is 0 Å². The minimum atomic E-state index is -0.0973. The molecule has 1 atom stereocenters. The van der Waals surface area contributed by atoms with Crippen LogP contribution >= 0.6 is 0 Å². The number of hydrogen-bond acceptors (Lipinski definition) is 4. The number of nitrogens with zero attached hydrogens (tertiary/aromatic N) is 3. The molecule has 0 spiro atoms. The molecule has 1 unspecified atom stereocenters. The molecule has 0 bridgehead atoms. The quantitative estimate of drug-likeness (QED) is 0.696. The highest BCUT2D eigenvalue weighted by molar-refractivity contribution is 4.96. The van der Waals surface area contributed by atoms with E-state index in [9.17, 15) is 0 Å². The van der Waals surface area contributed by atoms with Crippen molar-refractivity contribution in [1.82, 2.24) is 14.8 Å². The molecule has 0 fully saturated rings. The van der Waals surface area contributed by atoms with Crippen molar-refractivity contribution in [3.8, 4) is 0 Å². The van der Waals surface area contributed by atoms with Crippen LogP contribution in [0.1, 0.15) is 24.7 Å². The molecule has 1 aromatic heterocycles. The molecular formula is C7H13N3O2. The van der Waals surface area contributed by atoms with E-state index in [-0.39, 0.29) is 12.7 Å². The van der Waals surface area contributed by atoms with E-state index in [1.54, 1.807) is 18.7 Å². The summed E-state index contributed by atoms with van der Waals surface area (Å²) in [5, 5.41) is 16.5. The summed E-state index contributed by atoms with van der Waals surface area (Å²) in [6.45, 7) is 1.78. The van der Waals surface area contributed by atoms with Gasteiger partial charge in [0, 0.05) is 14.2 Å². The lowest BCUT2D eigenvalue weighted by Crippen LogP contribution is -2.06. The van der Waals surface area contributed by atoms with Gasteiger partial charge in [0.2, 0.25) is 0 Å². The Morgan fingerprint density at radius 2 is 2.25 bits per heavy atom. The van der Waals surface area contributed by atoms with Crippen LogP contribution in [-0.4, -0.2) is 27.0 Å². The van der Waals surface area contributed by atoms with E-state index in [1.807, 2.05) is 6.92 Å². The summed E-state index contributed by atoms with van der Waals surface area (Å²) in [4.78, 5) is 0. The standard InChI is InChI=1S/C7H13N3O2/c1-5(12-3)7-9-8-6(4-11)10(7)2/h5,11H,4H2,1-3H3. The van der Waals surface area contributed by atoms with E-state index in [0.29, 0.717) is 5.82 Å². The summed E-state index contributed by atoms with van der Waals surface area (Å²) in [6.07, 6.45) is -0.0946. The van der Waals surface area contributed by atoms with Crippen LogP contribution < -0.4 is 0 Å². The van der Waals surface area contributed by atoms with Crippen molar-refractivity contribution in [2.45, 2.75) is 19.6 Å². The van der Waals surface area contributed by atoms with Crippen molar-refractivity contribution >= 4 is 0 Å². The zero-order valence-corrected chi connectivity index (χ0v) is 7.48. The number of ether oxygens (including phenoxy) is 1. The molecule has 1 heterocycles. The number of aliphatic hydroxyl groups excluding tert-OH is 1. The van der Waals surface area contributed by atoms with Crippen LogP contribution in [0.3, 0.4) is 0 Å². The maximum absolute atomic E-state index is 8.82. The van der Waals surface area contributed by atoms with Crippen LogP contribution in [0.5, 0.6) is 0 Å². The van der Waals surface area contributed by atoms with Crippen molar-refractivity contribution < 1.29 is 9.84 Å². The van der Waals surface area contributed by atoms with Gasteiger partial charge in [0.05, 0.1) is 0 Å². The number of aromatic nitrogens is 3. The molecule has 0 radical (unpaired) electrons. The van der Waals surface area contributed by atoms with Crippen LogP contribution in [0.25, 0.3) is 0 Å². The molecule has 5 nitrogen and oxygen atoms in total. The summed E-state index contributed by atoms with van der Waals surface area (Å²) in [5.41, 5.74) is 0. The molecule has 0 aliphatic rings. The average Bonchev–Trinajstić information content (AvgIpc) is 2.45. The molecule has 68 valence electrons. The first-order chi connectivity index (χ1) is 5.70. The number of methoxy groups -OCH3 is 1. The molecule has 1 aromatic rings. The fourth-order valence-corrected chi connectivity index (χ4v) is 0.972. The monoisotopic (exact) mass is 171 g/mol. The van der Waals surface area contributed by atoms with Gasteiger partial charge in [-0.15, -0.1) is 10.2 Å². The highest BCUT2D eigenvalue weighted by Gasteiger charge is 2.13. The number of aliphatic hydroxyl groups is 1. The van der Waals surface area contributed by atoms with Gasteiger partial charge in [-0.25, -0.2) is 0 Å². The van der Waals surface area contributed by atoms with Gasteiger partial charge in [0.15, 0.2) is 11.6 Å². The van der Waals surface area contributed by atoms with Crippen LogP contribution in [0.2, 0.25) is 0 Å². The van der Waals surface area contributed by atoms with Crippen LogP contribution in [0.15, 0.2) is 0 Å². The first kappa shape index (κ1) is 9.15. The average molecular weight is 171 g/mol. The predicted octanol–water partition coefficient (Wildman–Crippen LogP) is 0.0148. The minimum Gasteiger partial charge on any atom is -0.388 e. The summed E-state index contributed by atoms with van der Waals surface area (Å²) in [7, 11) is 3.41. The van der Waals surface area contributed by atoms with Gasteiger partial charge in [0.1, 0.15) is 12.7 Å². The Bertz CT molecular complexity index is 259. The van der Waals surface area contributed by atoms with E-state index in [2.05, 4.69) is 10.2 Å². The highest BCUT2D eigenvalue weighted by atomic mass is 16.5. The molecular weight excluding hydrogens is 158 g/mol. The summed E-state index contributed by atoms with van der Waals surface area (Å²) in [5.74, 6) is 1.27. The minimum absolute atomic E-state index is 0.0946. The largest absolute Gasteiger partial charge is 0.388 e. The zero-order valence-electron chi connectivity index (χ0n) is 7.48. The van der Waals surface area contributed by atoms with E-state index >= 15 is 0 Å². The van der Waals surface area contributed by atoms with Crippen molar-refractivity contribution in [3.05, 3.63) is 11.6 Å². The Morgan fingerprint density at radius 1 is 1.58 bits per heavy atom. The Balaban J connectivity index is 2.93. The van der Waals surface area contributed by atoms with Crippen LogP contribution in [0.4, 0.5) is 0 Å². The lowest BCUT2D eigenvalue weighted by atomic mass is 10.4. The van der Waals surface area contributed by atoms with Gasteiger partial charge >= 0.3 is 0 Å². The lowest BCUT2D eigenvalue weighted by molar-refractivity contribution is 0.109. The first-order valence-corrected chi connectivity index (χ1v) is 3.72. The van der Waals surface area contributed by atoms with E-state index in [4.69, 9.17) is 9.84 Å². The smallest absolute Gasteiger partial charge is 0.161 e. The second-order valence-corrected chi connectivity index (χ2v) is 2.57. The maximum atomic E-state index is 8.82. The van der Waals surface area contributed by atoms with Crippen molar-refractivity contribution in [2.75, 3.05) is 7.11 Å². The normalized spacial score (nSPS) is 13.3. The Kier molecular flexibility index (Phi) is 2.78. The molecule has 0 aromatic carbocycles. The third-order valence-corrected chi connectivity index (χ3v) is 1.86. The molecule has 0 amide bonds. The lowest BCUT2D eigenvalue weighted by Gasteiger charge is -2.08. The second kappa shape index (κ2) is 3.64. The molecule has 0 saturated carbocycles. The third-order valence-electron chi connectivity index (χ3n) is 1.86. The maximum Gasteiger partial charge on any atom is 0.161 e. The van der Waals surface area contributed by atoms with E-state index < -0.39 is 0 Å². The molecule has 0 aliphatic carbocycles. The fourth-order valence-electron chi connectivity index (χ4n) is 0.972. The predicted molar refractivity (Wildman–Crippen MR) is 42.3 cm³/mol. The van der Waals surface area contributed by atoms with Gasteiger partial charge in [-0.1, -0.05) is 0 Å².